The zero-order valence-electron chi connectivity index (χ0n) is 5.42. The molecule has 0 aliphatic heterocycles. The molecule has 1 unspecified atom stereocenters. The summed E-state index contributed by atoms with van der Waals surface area (Å²) < 4.78 is 0.0365. The van der Waals surface area contributed by atoms with Crippen LogP contribution in [0.3, 0.4) is 0 Å². The SMILES string of the molecule is C#CC(O)C1(SC)CC1. The van der Waals surface area contributed by atoms with E-state index in [2.05, 4.69) is 5.92 Å². The highest BCUT2D eigenvalue weighted by Gasteiger charge is 2.47. The highest BCUT2D eigenvalue weighted by molar-refractivity contribution is 8.00. The van der Waals surface area contributed by atoms with Gasteiger partial charge in [-0.2, -0.15) is 11.8 Å². The Morgan fingerprint density at radius 3 is 2.44 bits per heavy atom. The maximum Gasteiger partial charge on any atom is 0.129 e. The second-order valence-corrected chi connectivity index (χ2v) is 3.56. The quantitative estimate of drug-likeness (QED) is 0.577. The summed E-state index contributed by atoms with van der Waals surface area (Å²) in [5.41, 5.74) is 0. The van der Waals surface area contributed by atoms with Crippen LogP contribution in [0.5, 0.6) is 0 Å². The average Bonchev–Trinajstić information content (AvgIpc) is 2.66. The number of hydrogen-bond donors (Lipinski definition) is 1. The molecule has 1 saturated carbocycles. The summed E-state index contributed by atoms with van der Waals surface area (Å²) in [7, 11) is 0. The lowest BCUT2D eigenvalue weighted by atomic mass is 10.2. The zero-order chi connectivity index (χ0) is 6.91. The highest BCUT2D eigenvalue weighted by atomic mass is 32.2. The summed E-state index contributed by atoms with van der Waals surface area (Å²) in [6.45, 7) is 0. The fourth-order valence-electron chi connectivity index (χ4n) is 0.864. The van der Waals surface area contributed by atoms with E-state index in [-0.39, 0.29) is 4.75 Å². The summed E-state index contributed by atoms with van der Waals surface area (Å²) in [5, 5.41) is 9.19. The third kappa shape index (κ3) is 1.08. The van der Waals surface area contributed by atoms with Crippen LogP contribution in [0.4, 0.5) is 0 Å². The van der Waals surface area contributed by atoms with Gasteiger partial charge in [0.05, 0.1) is 4.75 Å². The standard InChI is InChI=1S/C7H10OS/c1-3-6(8)7(9-2)4-5-7/h1,6,8H,4-5H2,2H3. The van der Waals surface area contributed by atoms with Gasteiger partial charge >= 0.3 is 0 Å². The van der Waals surface area contributed by atoms with Gasteiger partial charge in [0.1, 0.15) is 6.10 Å². The largest absolute Gasteiger partial charge is 0.379 e. The van der Waals surface area contributed by atoms with Gasteiger partial charge in [-0.1, -0.05) is 5.92 Å². The number of rotatable bonds is 2. The smallest absolute Gasteiger partial charge is 0.129 e. The highest BCUT2D eigenvalue weighted by Crippen LogP contribution is 2.49. The molecule has 0 heterocycles. The Balaban J connectivity index is 2.51. The molecule has 0 aromatic carbocycles. The van der Waals surface area contributed by atoms with Crippen molar-refractivity contribution in [3.8, 4) is 12.3 Å². The number of hydrogen-bond acceptors (Lipinski definition) is 2. The zero-order valence-corrected chi connectivity index (χ0v) is 6.24. The fourth-order valence-corrected chi connectivity index (χ4v) is 1.67. The van der Waals surface area contributed by atoms with E-state index in [0.717, 1.165) is 12.8 Å². The molecule has 1 atom stereocenters. The van der Waals surface area contributed by atoms with Crippen molar-refractivity contribution in [1.29, 1.82) is 0 Å². The topological polar surface area (TPSA) is 20.2 Å². The molecule has 0 bridgehead atoms. The molecule has 1 fully saturated rings. The van der Waals surface area contributed by atoms with E-state index in [1.54, 1.807) is 11.8 Å². The lowest BCUT2D eigenvalue weighted by Gasteiger charge is -2.13. The molecule has 1 N–H and O–H groups in total. The van der Waals surface area contributed by atoms with E-state index in [9.17, 15) is 5.11 Å². The van der Waals surface area contributed by atoms with E-state index in [0.29, 0.717) is 0 Å². The molecule has 0 saturated heterocycles. The minimum absolute atomic E-state index is 0.0365. The Morgan fingerprint density at radius 1 is 1.78 bits per heavy atom. The van der Waals surface area contributed by atoms with Gasteiger partial charge in [0.2, 0.25) is 0 Å². The van der Waals surface area contributed by atoms with E-state index < -0.39 is 6.10 Å². The molecule has 2 heteroatoms. The normalized spacial score (nSPS) is 24.6. The van der Waals surface area contributed by atoms with Crippen LogP contribution in [0, 0.1) is 12.3 Å². The molecule has 0 spiro atoms. The van der Waals surface area contributed by atoms with Crippen LogP contribution in [-0.4, -0.2) is 22.2 Å². The Morgan fingerprint density at radius 2 is 2.33 bits per heavy atom. The van der Waals surface area contributed by atoms with Gasteiger partial charge in [0.15, 0.2) is 0 Å². The van der Waals surface area contributed by atoms with Crippen molar-refractivity contribution in [2.75, 3.05) is 6.26 Å². The average molecular weight is 142 g/mol. The monoisotopic (exact) mass is 142 g/mol. The number of thioether (sulfide) groups is 1. The van der Waals surface area contributed by atoms with Crippen LogP contribution in [0.15, 0.2) is 0 Å². The Kier molecular flexibility index (Phi) is 1.74. The summed E-state index contributed by atoms with van der Waals surface area (Å²) >= 11 is 1.68. The van der Waals surface area contributed by atoms with Crippen LogP contribution in [0.25, 0.3) is 0 Å². The number of terminal acetylenes is 1. The van der Waals surface area contributed by atoms with Crippen LogP contribution < -0.4 is 0 Å². The molecule has 1 nitrogen and oxygen atoms in total. The predicted octanol–water partition coefficient (Wildman–Crippen LogP) is 0.876. The Bertz CT molecular complexity index is 143. The van der Waals surface area contributed by atoms with Crippen molar-refractivity contribution in [2.45, 2.75) is 23.7 Å². The van der Waals surface area contributed by atoms with Crippen molar-refractivity contribution in [3.63, 3.8) is 0 Å². The van der Waals surface area contributed by atoms with Crippen molar-refractivity contribution in [3.05, 3.63) is 0 Å². The van der Waals surface area contributed by atoms with E-state index in [4.69, 9.17) is 6.42 Å². The lowest BCUT2D eigenvalue weighted by Crippen LogP contribution is -2.21. The van der Waals surface area contributed by atoms with Crippen molar-refractivity contribution >= 4 is 11.8 Å². The first-order valence-electron chi connectivity index (χ1n) is 2.94. The van der Waals surface area contributed by atoms with Crippen LogP contribution in [0.2, 0.25) is 0 Å². The minimum Gasteiger partial charge on any atom is -0.379 e. The van der Waals surface area contributed by atoms with E-state index in [1.807, 2.05) is 6.26 Å². The molecule has 9 heavy (non-hydrogen) atoms. The first-order valence-corrected chi connectivity index (χ1v) is 4.17. The second-order valence-electron chi connectivity index (χ2n) is 2.34. The summed E-state index contributed by atoms with van der Waals surface area (Å²) in [4.78, 5) is 0. The molecule has 1 aliphatic rings. The third-order valence-corrected chi connectivity index (χ3v) is 3.25. The third-order valence-electron chi connectivity index (χ3n) is 1.81. The molecule has 0 amide bonds. The van der Waals surface area contributed by atoms with Gasteiger partial charge in [-0.25, -0.2) is 0 Å². The number of aliphatic hydroxyl groups excluding tert-OH is 1. The second kappa shape index (κ2) is 2.24. The van der Waals surface area contributed by atoms with Gasteiger partial charge < -0.3 is 5.11 Å². The maximum atomic E-state index is 9.19. The lowest BCUT2D eigenvalue weighted by molar-refractivity contribution is 0.222. The van der Waals surface area contributed by atoms with E-state index in [1.165, 1.54) is 0 Å². The summed E-state index contributed by atoms with van der Waals surface area (Å²) in [6, 6.07) is 0. The van der Waals surface area contributed by atoms with Crippen LogP contribution in [0.1, 0.15) is 12.8 Å². The van der Waals surface area contributed by atoms with Crippen molar-refractivity contribution in [1.82, 2.24) is 0 Å². The summed E-state index contributed by atoms with van der Waals surface area (Å²) in [6.07, 6.45) is 8.66. The predicted molar refractivity (Wildman–Crippen MR) is 40.3 cm³/mol. The molecule has 0 aromatic rings. The van der Waals surface area contributed by atoms with Crippen LogP contribution in [-0.2, 0) is 0 Å². The minimum atomic E-state index is -0.535. The molecule has 1 aliphatic carbocycles. The molecule has 0 radical (unpaired) electrons. The Labute approximate surface area is 59.8 Å². The van der Waals surface area contributed by atoms with Crippen LogP contribution >= 0.6 is 11.8 Å². The molecular formula is C7H10OS. The summed E-state index contributed by atoms with van der Waals surface area (Å²) in [5.74, 6) is 2.35. The van der Waals surface area contributed by atoms with Gasteiger partial charge in [0.25, 0.3) is 0 Å². The molecule has 50 valence electrons. The molecule has 1 rings (SSSR count). The van der Waals surface area contributed by atoms with Gasteiger partial charge in [-0.3, -0.25) is 0 Å². The molecule has 0 aromatic heterocycles. The number of aliphatic hydroxyl groups is 1. The first kappa shape index (κ1) is 6.98. The van der Waals surface area contributed by atoms with Crippen molar-refractivity contribution < 1.29 is 5.11 Å². The maximum absolute atomic E-state index is 9.19. The van der Waals surface area contributed by atoms with E-state index >= 15 is 0 Å². The van der Waals surface area contributed by atoms with Crippen molar-refractivity contribution in [2.24, 2.45) is 0 Å². The first-order chi connectivity index (χ1) is 4.25. The Hall–Kier alpha value is -0.130. The van der Waals surface area contributed by atoms with Gasteiger partial charge in [-0.15, -0.1) is 6.42 Å². The van der Waals surface area contributed by atoms with Gasteiger partial charge in [-0.05, 0) is 19.1 Å². The molecular weight excluding hydrogens is 132 g/mol. The van der Waals surface area contributed by atoms with Gasteiger partial charge in [0, 0.05) is 0 Å². The fraction of sp³-hybridized carbons (Fsp3) is 0.714.